The third kappa shape index (κ3) is 3.00. The first-order valence-corrected chi connectivity index (χ1v) is 5.53. The Balaban J connectivity index is 1.86. The molecular weight excluding hydrogens is 192 g/mol. The van der Waals surface area contributed by atoms with Gasteiger partial charge in [-0.2, -0.15) is 4.98 Å². The molecule has 0 amide bonds. The van der Waals surface area contributed by atoms with Crippen molar-refractivity contribution in [1.29, 1.82) is 0 Å². The molecule has 1 aromatic heterocycles. The minimum atomic E-state index is 0.631. The van der Waals surface area contributed by atoms with Crippen LogP contribution in [0.15, 0.2) is 10.9 Å². The van der Waals surface area contributed by atoms with Crippen LogP contribution in [0.1, 0.15) is 25.2 Å². The molecule has 0 saturated carbocycles. The summed E-state index contributed by atoms with van der Waals surface area (Å²) in [6.07, 6.45) is 5.15. The van der Waals surface area contributed by atoms with Crippen LogP contribution in [0.3, 0.4) is 0 Å². The summed E-state index contributed by atoms with van der Waals surface area (Å²) in [6, 6.07) is 0.631. The maximum absolute atomic E-state index is 5.01. The Labute approximate surface area is 89.8 Å². The molecule has 1 fully saturated rings. The molecule has 1 aliphatic rings. The molecule has 84 valence electrons. The van der Waals surface area contributed by atoms with Gasteiger partial charge in [-0.15, -0.1) is 0 Å². The van der Waals surface area contributed by atoms with E-state index in [0.29, 0.717) is 11.9 Å². The molecule has 1 saturated heterocycles. The highest BCUT2D eigenvalue weighted by atomic mass is 16.5. The van der Waals surface area contributed by atoms with Crippen LogP contribution < -0.4 is 5.32 Å². The summed E-state index contributed by atoms with van der Waals surface area (Å²) in [5, 5.41) is 7.03. The SMILES string of the molecule is CN(Cc1ncno1)C1CCCNCC1. The molecule has 0 bridgehead atoms. The van der Waals surface area contributed by atoms with E-state index in [2.05, 4.69) is 27.4 Å². The van der Waals surface area contributed by atoms with Crippen molar-refractivity contribution in [3.63, 3.8) is 0 Å². The standard InChI is InChI=1S/C10H18N4O/c1-14(7-10-12-8-13-15-10)9-3-2-5-11-6-4-9/h8-9,11H,2-7H2,1H3. The molecule has 0 aliphatic carbocycles. The lowest BCUT2D eigenvalue weighted by Crippen LogP contribution is -2.32. The summed E-state index contributed by atoms with van der Waals surface area (Å²) in [4.78, 5) is 6.35. The van der Waals surface area contributed by atoms with Gasteiger partial charge in [-0.3, -0.25) is 4.90 Å². The molecule has 0 spiro atoms. The lowest BCUT2D eigenvalue weighted by atomic mass is 10.1. The van der Waals surface area contributed by atoms with Gasteiger partial charge in [0.2, 0.25) is 5.89 Å². The van der Waals surface area contributed by atoms with Crippen molar-refractivity contribution < 1.29 is 4.52 Å². The molecule has 1 N–H and O–H groups in total. The van der Waals surface area contributed by atoms with Gasteiger partial charge in [-0.25, -0.2) is 0 Å². The number of aromatic nitrogens is 2. The number of rotatable bonds is 3. The Bertz CT molecular complexity index is 267. The second-order valence-electron chi connectivity index (χ2n) is 4.08. The monoisotopic (exact) mass is 210 g/mol. The van der Waals surface area contributed by atoms with Crippen LogP contribution in [-0.4, -0.2) is 41.2 Å². The first-order chi connectivity index (χ1) is 7.36. The molecule has 5 nitrogen and oxygen atoms in total. The Morgan fingerprint density at radius 3 is 3.27 bits per heavy atom. The predicted molar refractivity (Wildman–Crippen MR) is 56.3 cm³/mol. The van der Waals surface area contributed by atoms with E-state index in [-0.39, 0.29) is 0 Å². The fraction of sp³-hybridized carbons (Fsp3) is 0.800. The van der Waals surface area contributed by atoms with Crippen molar-refractivity contribution in [2.24, 2.45) is 0 Å². The van der Waals surface area contributed by atoms with Crippen LogP contribution in [0.25, 0.3) is 0 Å². The van der Waals surface area contributed by atoms with Gasteiger partial charge >= 0.3 is 0 Å². The fourth-order valence-corrected chi connectivity index (χ4v) is 2.05. The predicted octanol–water partition coefficient (Wildman–Crippen LogP) is 0.643. The van der Waals surface area contributed by atoms with E-state index < -0.39 is 0 Å². The third-order valence-electron chi connectivity index (χ3n) is 2.96. The lowest BCUT2D eigenvalue weighted by molar-refractivity contribution is 0.190. The highest BCUT2D eigenvalue weighted by Gasteiger charge is 2.18. The van der Waals surface area contributed by atoms with Crippen molar-refractivity contribution >= 4 is 0 Å². The highest BCUT2D eigenvalue weighted by molar-refractivity contribution is 4.79. The normalized spacial score (nSPS) is 22.9. The summed E-state index contributed by atoms with van der Waals surface area (Å²) >= 11 is 0. The van der Waals surface area contributed by atoms with Crippen LogP contribution in [-0.2, 0) is 6.54 Å². The number of hydrogen-bond donors (Lipinski definition) is 1. The first-order valence-electron chi connectivity index (χ1n) is 5.53. The minimum Gasteiger partial charge on any atom is -0.338 e. The molecule has 2 heterocycles. The second-order valence-corrected chi connectivity index (χ2v) is 4.08. The van der Waals surface area contributed by atoms with Gasteiger partial charge in [-0.1, -0.05) is 5.16 Å². The molecule has 0 radical (unpaired) electrons. The van der Waals surface area contributed by atoms with E-state index in [1.54, 1.807) is 0 Å². The Hall–Kier alpha value is -0.940. The van der Waals surface area contributed by atoms with Gasteiger partial charge in [0.05, 0.1) is 6.54 Å². The topological polar surface area (TPSA) is 54.2 Å². The van der Waals surface area contributed by atoms with E-state index in [0.717, 1.165) is 19.6 Å². The van der Waals surface area contributed by atoms with Crippen molar-refractivity contribution in [2.45, 2.75) is 31.8 Å². The Morgan fingerprint density at radius 1 is 1.53 bits per heavy atom. The van der Waals surface area contributed by atoms with Gasteiger partial charge in [0.15, 0.2) is 6.33 Å². The van der Waals surface area contributed by atoms with Crippen LogP contribution in [0, 0.1) is 0 Å². The Morgan fingerprint density at radius 2 is 2.47 bits per heavy atom. The molecule has 5 heteroatoms. The quantitative estimate of drug-likeness (QED) is 0.793. The van der Waals surface area contributed by atoms with Crippen LogP contribution >= 0.6 is 0 Å². The third-order valence-corrected chi connectivity index (χ3v) is 2.96. The van der Waals surface area contributed by atoms with Gasteiger partial charge < -0.3 is 9.84 Å². The molecule has 1 aliphatic heterocycles. The number of nitrogens with one attached hydrogen (secondary N) is 1. The Kier molecular flexibility index (Phi) is 3.69. The van der Waals surface area contributed by atoms with Crippen LogP contribution in [0.5, 0.6) is 0 Å². The van der Waals surface area contributed by atoms with E-state index >= 15 is 0 Å². The summed E-state index contributed by atoms with van der Waals surface area (Å²) in [7, 11) is 2.13. The van der Waals surface area contributed by atoms with Gasteiger partial charge in [-0.05, 0) is 39.4 Å². The van der Waals surface area contributed by atoms with Crippen LogP contribution in [0.4, 0.5) is 0 Å². The van der Waals surface area contributed by atoms with Crippen molar-refractivity contribution in [3.05, 3.63) is 12.2 Å². The van der Waals surface area contributed by atoms with Gasteiger partial charge in [0.25, 0.3) is 0 Å². The van der Waals surface area contributed by atoms with E-state index in [1.165, 1.54) is 25.6 Å². The largest absolute Gasteiger partial charge is 0.338 e. The molecule has 2 rings (SSSR count). The van der Waals surface area contributed by atoms with Crippen molar-refractivity contribution in [1.82, 2.24) is 20.4 Å². The molecule has 1 atom stereocenters. The summed E-state index contributed by atoms with van der Waals surface area (Å²) in [5.74, 6) is 0.703. The molecule has 15 heavy (non-hydrogen) atoms. The second kappa shape index (κ2) is 5.23. The zero-order chi connectivity index (χ0) is 10.5. The average molecular weight is 210 g/mol. The summed E-state index contributed by atoms with van der Waals surface area (Å²) in [6.45, 7) is 3.01. The molecule has 0 aromatic carbocycles. The maximum Gasteiger partial charge on any atom is 0.240 e. The van der Waals surface area contributed by atoms with Crippen molar-refractivity contribution in [2.75, 3.05) is 20.1 Å². The van der Waals surface area contributed by atoms with E-state index in [4.69, 9.17) is 4.52 Å². The van der Waals surface area contributed by atoms with Crippen LogP contribution in [0.2, 0.25) is 0 Å². The molecule has 1 unspecified atom stereocenters. The summed E-state index contributed by atoms with van der Waals surface area (Å²) < 4.78 is 5.01. The van der Waals surface area contributed by atoms with E-state index in [9.17, 15) is 0 Å². The molecular formula is C10H18N4O. The lowest BCUT2D eigenvalue weighted by Gasteiger charge is -2.25. The number of nitrogens with zero attached hydrogens (tertiary/aromatic N) is 3. The first kappa shape index (κ1) is 10.6. The average Bonchev–Trinajstić information content (AvgIpc) is 2.58. The zero-order valence-electron chi connectivity index (χ0n) is 9.15. The summed E-state index contributed by atoms with van der Waals surface area (Å²) in [5.41, 5.74) is 0. The molecule has 1 aromatic rings. The maximum atomic E-state index is 5.01. The number of hydrogen-bond acceptors (Lipinski definition) is 5. The smallest absolute Gasteiger partial charge is 0.240 e. The zero-order valence-corrected chi connectivity index (χ0v) is 9.15. The van der Waals surface area contributed by atoms with Crippen molar-refractivity contribution in [3.8, 4) is 0 Å². The van der Waals surface area contributed by atoms with E-state index in [1.807, 2.05) is 0 Å². The highest BCUT2D eigenvalue weighted by Crippen LogP contribution is 2.13. The van der Waals surface area contributed by atoms with Gasteiger partial charge in [0, 0.05) is 6.04 Å². The minimum absolute atomic E-state index is 0.631. The van der Waals surface area contributed by atoms with Gasteiger partial charge in [0.1, 0.15) is 0 Å². The fourth-order valence-electron chi connectivity index (χ4n) is 2.05.